The molecule has 0 fully saturated rings. The standard InChI is InChI=1S/C17H15BrN2O3S/c1-10(21)13-8-11(18)6-7-14(13)20-17(23)12-4-2-3-5-15(12)24-9-16(19)22/h2-8H,9H2,1H3,(H2,19,22)(H,20,23). The Morgan fingerprint density at radius 1 is 1.12 bits per heavy atom. The summed E-state index contributed by atoms with van der Waals surface area (Å²) in [5, 5.41) is 2.75. The van der Waals surface area contributed by atoms with Gasteiger partial charge in [0.1, 0.15) is 0 Å². The lowest BCUT2D eigenvalue weighted by molar-refractivity contribution is -0.115. The van der Waals surface area contributed by atoms with Gasteiger partial charge < -0.3 is 11.1 Å². The first-order chi connectivity index (χ1) is 11.4. The number of carbonyl (C=O) groups is 3. The molecule has 0 saturated heterocycles. The number of rotatable bonds is 6. The highest BCUT2D eigenvalue weighted by Crippen LogP contribution is 2.25. The second kappa shape index (κ2) is 8.12. The number of carbonyl (C=O) groups excluding carboxylic acids is 3. The molecule has 7 heteroatoms. The molecule has 0 spiro atoms. The topological polar surface area (TPSA) is 89.3 Å². The molecule has 0 aliphatic rings. The molecule has 2 aromatic carbocycles. The van der Waals surface area contributed by atoms with Gasteiger partial charge in [-0.25, -0.2) is 0 Å². The lowest BCUT2D eigenvalue weighted by atomic mass is 10.1. The lowest BCUT2D eigenvalue weighted by Gasteiger charge is -2.12. The van der Waals surface area contributed by atoms with E-state index in [1.807, 2.05) is 0 Å². The van der Waals surface area contributed by atoms with Gasteiger partial charge in [0, 0.05) is 14.9 Å². The van der Waals surface area contributed by atoms with Crippen molar-refractivity contribution in [1.82, 2.24) is 0 Å². The Morgan fingerprint density at radius 2 is 1.83 bits per heavy atom. The molecule has 0 bridgehead atoms. The van der Waals surface area contributed by atoms with E-state index in [1.54, 1.807) is 42.5 Å². The lowest BCUT2D eigenvalue weighted by Crippen LogP contribution is -2.16. The molecule has 2 amide bonds. The van der Waals surface area contributed by atoms with Crippen LogP contribution >= 0.6 is 27.7 Å². The van der Waals surface area contributed by atoms with Crippen LogP contribution in [-0.4, -0.2) is 23.4 Å². The molecule has 0 heterocycles. The van der Waals surface area contributed by atoms with E-state index in [4.69, 9.17) is 5.73 Å². The number of halogens is 1. The molecular formula is C17H15BrN2O3S. The van der Waals surface area contributed by atoms with E-state index in [2.05, 4.69) is 21.2 Å². The fraction of sp³-hybridized carbons (Fsp3) is 0.118. The molecule has 3 N–H and O–H groups in total. The van der Waals surface area contributed by atoms with Gasteiger partial charge in [0.05, 0.1) is 17.0 Å². The van der Waals surface area contributed by atoms with E-state index in [0.717, 1.165) is 4.47 Å². The van der Waals surface area contributed by atoms with Crippen molar-refractivity contribution in [3.05, 3.63) is 58.1 Å². The van der Waals surface area contributed by atoms with Crippen LogP contribution in [0.4, 0.5) is 5.69 Å². The highest BCUT2D eigenvalue weighted by molar-refractivity contribution is 9.10. The summed E-state index contributed by atoms with van der Waals surface area (Å²) < 4.78 is 0.753. The van der Waals surface area contributed by atoms with Gasteiger partial charge in [-0.2, -0.15) is 0 Å². The summed E-state index contributed by atoms with van der Waals surface area (Å²) in [6.45, 7) is 1.44. The summed E-state index contributed by atoms with van der Waals surface area (Å²) in [6, 6.07) is 12.0. The van der Waals surface area contributed by atoms with E-state index >= 15 is 0 Å². The summed E-state index contributed by atoms with van der Waals surface area (Å²) in [6.07, 6.45) is 0. The van der Waals surface area contributed by atoms with Crippen molar-refractivity contribution >= 4 is 51.0 Å². The van der Waals surface area contributed by atoms with Crippen molar-refractivity contribution in [2.75, 3.05) is 11.1 Å². The fourth-order valence-corrected chi connectivity index (χ4v) is 3.19. The molecule has 2 aromatic rings. The second-order valence-electron chi connectivity index (χ2n) is 4.95. The maximum Gasteiger partial charge on any atom is 0.256 e. The summed E-state index contributed by atoms with van der Waals surface area (Å²) in [5.41, 5.74) is 6.43. The molecule has 0 aliphatic carbocycles. The highest BCUT2D eigenvalue weighted by atomic mass is 79.9. The van der Waals surface area contributed by atoms with Crippen LogP contribution in [0.3, 0.4) is 0 Å². The van der Waals surface area contributed by atoms with Crippen molar-refractivity contribution < 1.29 is 14.4 Å². The molecule has 0 aromatic heterocycles. The molecule has 0 radical (unpaired) electrons. The first-order valence-electron chi connectivity index (χ1n) is 7.00. The Labute approximate surface area is 152 Å². The predicted octanol–water partition coefficient (Wildman–Crippen LogP) is 3.48. The average molecular weight is 407 g/mol. The predicted molar refractivity (Wildman–Crippen MR) is 98.5 cm³/mol. The van der Waals surface area contributed by atoms with Crippen molar-refractivity contribution in [2.24, 2.45) is 5.73 Å². The number of anilines is 1. The number of nitrogens with one attached hydrogen (secondary N) is 1. The fourth-order valence-electron chi connectivity index (χ4n) is 2.04. The zero-order chi connectivity index (χ0) is 17.7. The summed E-state index contributed by atoms with van der Waals surface area (Å²) >= 11 is 4.51. The van der Waals surface area contributed by atoms with Crippen LogP contribution in [-0.2, 0) is 4.79 Å². The minimum absolute atomic E-state index is 0.0846. The van der Waals surface area contributed by atoms with Gasteiger partial charge in [-0.1, -0.05) is 28.1 Å². The van der Waals surface area contributed by atoms with E-state index in [-0.39, 0.29) is 17.4 Å². The SMILES string of the molecule is CC(=O)c1cc(Br)ccc1NC(=O)c1ccccc1SCC(N)=O. The molecule has 0 unspecified atom stereocenters. The Bertz CT molecular complexity index is 808. The van der Waals surface area contributed by atoms with E-state index in [0.29, 0.717) is 21.7 Å². The minimum Gasteiger partial charge on any atom is -0.369 e. The number of hydrogen-bond acceptors (Lipinski definition) is 4. The molecular weight excluding hydrogens is 392 g/mol. The van der Waals surface area contributed by atoms with E-state index < -0.39 is 5.91 Å². The van der Waals surface area contributed by atoms with Gasteiger partial charge in [-0.3, -0.25) is 14.4 Å². The van der Waals surface area contributed by atoms with Gasteiger partial charge in [-0.15, -0.1) is 11.8 Å². The zero-order valence-electron chi connectivity index (χ0n) is 12.8. The molecule has 5 nitrogen and oxygen atoms in total. The van der Waals surface area contributed by atoms with Crippen molar-refractivity contribution in [3.8, 4) is 0 Å². The Balaban J connectivity index is 2.28. The van der Waals surface area contributed by atoms with Crippen molar-refractivity contribution in [2.45, 2.75) is 11.8 Å². The van der Waals surface area contributed by atoms with E-state index in [1.165, 1.54) is 18.7 Å². The number of benzene rings is 2. The highest BCUT2D eigenvalue weighted by Gasteiger charge is 2.15. The van der Waals surface area contributed by atoms with Crippen LogP contribution in [0.25, 0.3) is 0 Å². The number of hydrogen-bond donors (Lipinski definition) is 2. The number of nitrogens with two attached hydrogens (primary N) is 1. The maximum absolute atomic E-state index is 12.6. The quantitative estimate of drug-likeness (QED) is 0.567. The number of amides is 2. The van der Waals surface area contributed by atoms with E-state index in [9.17, 15) is 14.4 Å². The van der Waals surface area contributed by atoms with Gasteiger partial charge in [0.15, 0.2) is 5.78 Å². The number of thioether (sulfide) groups is 1. The smallest absolute Gasteiger partial charge is 0.256 e. The molecule has 0 atom stereocenters. The molecule has 124 valence electrons. The van der Waals surface area contributed by atoms with Gasteiger partial charge in [-0.05, 0) is 37.3 Å². The minimum atomic E-state index is -0.456. The van der Waals surface area contributed by atoms with Crippen LogP contribution in [0.1, 0.15) is 27.6 Å². The third-order valence-electron chi connectivity index (χ3n) is 3.11. The molecule has 0 saturated carbocycles. The molecule has 24 heavy (non-hydrogen) atoms. The first-order valence-corrected chi connectivity index (χ1v) is 8.78. The summed E-state index contributed by atoms with van der Waals surface area (Å²) in [4.78, 5) is 35.9. The van der Waals surface area contributed by atoms with Crippen molar-refractivity contribution in [1.29, 1.82) is 0 Å². The summed E-state index contributed by atoms with van der Waals surface area (Å²) in [7, 11) is 0. The normalized spacial score (nSPS) is 10.2. The van der Waals surface area contributed by atoms with Gasteiger partial charge in [0.25, 0.3) is 5.91 Å². The molecule has 2 rings (SSSR count). The first kappa shape index (κ1) is 18.2. The largest absolute Gasteiger partial charge is 0.369 e. The van der Waals surface area contributed by atoms with Gasteiger partial charge >= 0.3 is 0 Å². The molecule has 0 aliphatic heterocycles. The Hall–Kier alpha value is -2.12. The monoisotopic (exact) mass is 406 g/mol. The third-order valence-corrected chi connectivity index (χ3v) is 4.70. The van der Waals surface area contributed by atoms with Gasteiger partial charge in [0.2, 0.25) is 5.91 Å². The number of Topliss-reactive ketones (excluding diaryl/α,β-unsaturated/α-hetero) is 1. The Morgan fingerprint density at radius 3 is 2.50 bits per heavy atom. The average Bonchev–Trinajstić information content (AvgIpc) is 2.54. The number of ketones is 1. The Kier molecular flexibility index (Phi) is 6.16. The zero-order valence-corrected chi connectivity index (χ0v) is 15.2. The van der Waals surface area contributed by atoms with Crippen LogP contribution < -0.4 is 11.1 Å². The van der Waals surface area contributed by atoms with Crippen LogP contribution in [0.15, 0.2) is 51.8 Å². The van der Waals surface area contributed by atoms with Crippen LogP contribution in [0.2, 0.25) is 0 Å². The van der Waals surface area contributed by atoms with Crippen LogP contribution in [0.5, 0.6) is 0 Å². The summed E-state index contributed by atoms with van der Waals surface area (Å²) in [5.74, 6) is -0.876. The number of primary amides is 1. The van der Waals surface area contributed by atoms with Crippen LogP contribution in [0, 0.1) is 0 Å². The third kappa shape index (κ3) is 4.69. The maximum atomic E-state index is 12.6. The second-order valence-corrected chi connectivity index (χ2v) is 6.88. The van der Waals surface area contributed by atoms with Crippen molar-refractivity contribution in [3.63, 3.8) is 0 Å².